The van der Waals surface area contributed by atoms with E-state index in [0.717, 1.165) is 0 Å². The van der Waals surface area contributed by atoms with Gasteiger partial charge in [0.05, 0.1) is 20.8 Å². The first kappa shape index (κ1) is 19.1. The van der Waals surface area contributed by atoms with Crippen LogP contribution in [0.25, 0.3) is 6.08 Å². The van der Waals surface area contributed by atoms with Crippen molar-refractivity contribution in [2.75, 3.05) is 0 Å². The van der Waals surface area contributed by atoms with Crippen LogP contribution in [0.5, 0.6) is 0 Å². The zero-order valence-corrected chi connectivity index (χ0v) is 15.8. The second-order valence-electron chi connectivity index (χ2n) is 4.77. The predicted octanol–water partition coefficient (Wildman–Crippen LogP) is 5.78. The smallest absolute Gasteiger partial charge is 0.192 e. The molecule has 0 spiro atoms. The maximum atomic E-state index is 12.5. The van der Waals surface area contributed by atoms with Crippen molar-refractivity contribution in [2.45, 2.75) is 5.75 Å². The summed E-state index contributed by atoms with van der Waals surface area (Å²) in [5.74, 6) is -0.331. The molecule has 2 aromatic rings. The number of nitrogens with zero attached hydrogens (tertiary/aromatic N) is 1. The van der Waals surface area contributed by atoms with Gasteiger partial charge in [-0.15, -0.1) is 0 Å². The zero-order valence-electron chi connectivity index (χ0n) is 11.9. The summed E-state index contributed by atoms with van der Waals surface area (Å²) in [4.78, 5) is -0.419. The van der Waals surface area contributed by atoms with E-state index in [2.05, 4.69) is 0 Å². The lowest BCUT2D eigenvalue weighted by atomic mass is 10.2. The van der Waals surface area contributed by atoms with E-state index in [0.29, 0.717) is 16.1 Å². The Morgan fingerprint density at radius 2 is 1.62 bits per heavy atom. The van der Waals surface area contributed by atoms with Crippen LogP contribution in [0.1, 0.15) is 11.1 Å². The van der Waals surface area contributed by atoms with Crippen LogP contribution in [0, 0.1) is 11.3 Å². The largest absolute Gasteiger partial charge is 0.223 e. The number of benzene rings is 2. The van der Waals surface area contributed by atoms with E-state index < -0.39 is 14.7 Å². The third-order valence-electron chi connectivity index (χ3n) is 3.07. The molecule has 0 aliphatic rings. The van der Waals surface area contributed by atoms with Gasteiger partial charge in [-0.05, 0) is 35.4 Å². The molecule has 3 nitrogen and oxygen atoms in total. The van der Waals surface area contributed by atoms with Gasteiger partial charge in [0.25, 0.3) is 0 Å². The van der Waals surface area contributed by atoms with Crippen LogP contribution in [0.4, 0.5) is 0 Å². The molecule has 0 heterocycles. The second-order valence-corrected chi connectivity index (χ2v) is 8.33. The molecular weight excluding hydrogens is 412 g/mol. The third kappa shape index (κ3) is 4.44. The summed E-state index contributed by atoms with van der Waals surface area (Å²) in [5.41, 5.74) is 0.808. The van der Waals surface area contributed by atoms with Gasteiger partial charge in [-0.1, -0.05) is 64.6 Å². The molecule has 0 radical (unpaired) electrons. The Balaban J connectivity index is 2.41. The van der Waals surface area contributed by atoms with E-state index in [1.54, 1.807) is 30.3 Å². The van der Waals surface area contributed by atoms with Crippen molar-refractivity contribution in [3.05, 3.63) is 72.5 Å². The van der Waals surface area contributed by atoms with Gasteiger partial charge < -0.3 is 0 Å². The van der Waals surface area contributed by atoms with Crippen LogP contribution < -0.4 is 0 Å². The first-order valence-corrected chi connectivity index (χ1v) is 9.63. The van der Waals surface area contributed by atoms with E-state index in [4.69, 9.17) is 46.4 Å². The number of hydrogen-bond donors (Lipinski definition) is 0. The molecule has 0 saturated heterocycles. The van der Waals surface area contributed by atoms with Gasteiger partial charge in [-0.3, -0.25) is 0 Å². The summed E-state index contributed by atoms with van der Waals surface area (Å²) < 4.78 is 24.9. The van der Waals surface area contributed by atoms with Crippen LogP contribution >= 0.6 is 46.4 Å². The maximum absolute atomic E-state index is 12.5. The molecule has 124 valence electrons. The second kappa shape index (κ2) is 7.77. The van der Waals surface area contributed by atoms with Gasteiger partial charge in [0.2, 0.25) is 0 Å². The van der Waals surface area contributed by atoms with Crippen molar-refractivity contribution >= 4 is 62.3 Å². The quantitative estimate of drug-likeness (QED) is 0.465. The molecule has 0 aliphatic heterocycles. The third-order valence-corrected chi connectivity index (χ3v) is 6.22. The molecule has 2 aromatic carbocycles. The minimum absolute atomic E-state index is 0.0820. The zero-order chi connectivity index (χ0) is 17.9. The number of halogens is 4. The van der Waals surface area contributed by atoms with Gasteiger partial charge in [-0.25, -0.2) is 8.42 Å². The van der Waals surface area contributed by atoms with Crippen molar-refractivity contribution in [3.8, 4) is 6.07 Å². The minimum atomic E-state index is -3.85. The molecule has 0 fully saturated rings. The number of allylic oxidation sites excluding steroid dienone is 1. The summed E-state index contributed by atoms with van der Waals surface area (Å²) in [6, 6.07) is 11.0. The van der Waals surface area contributed by atoms with Gasteiger partial charge in [-0.2, -0.15) is 5.26 Å². The van der Waals surface area contributed by atoms with Crippen LogP contribution in [0.15, 0.2) is 41.3 Å². The molecule has 0 unspecified atom stereocenters. The molecule has 0 bridgehead atoms. The lowest BCUT2D eigenvalue weighted by Gasteiger charge is -2.06. The van der Waals surface area contributed by atoms with E-state index in [1.807, 2.05) is 0 Å². The molecule has 0 aliphatic carbocycles. The minimum Gasteiger partial charge on any atom is -0.223 e. The van der Waals surface area contributed by atoms with Crippen LogP contribution in [0.2, 0.25) is 20.1 Å². The molecular formula is C16H9Cl4NO2S. The van der Waals surface area contributed by atoms with Gasteiger partial charge in [0.15, 0.2) is 9.84 Å². The summed E-state index contributed by atoms with van der Waals surface area (Å²) in [5, 5.41) is 10.2. The summed E-state index contributed by atoms with van der Waals surface area (Å²) in [6.45, 7) is 0. The molecule has 24 heavy (non-hydrogen) atoms. The Morgan fingerprint density at radius 3 is 2.21 bits per heavy atom. The highest BCUT2D eigenvalue weighted by Crippen LogP contribution is 2.34. The molecule has 0 aromatic heterocycles. The monoisotopic (exact) mass is 419 g/mol. The number of rotatable bonds is 4. The summed E-state index contributed by atoms with van der Waals surface area (Å²) in [7, 11) is -3.85. The fraction of sp³-hybridized carbons (Fsp3) is 0.0625. The van der Waals surface area contributed by atoms with Gasteiger partial charge >= 0.3 is 0 Å². The Hall–Kier alpha value is -1.22. The SMILES string of the molecule is N#C/C(=C\c1ccc(Cl)c(Cl)c1Cl)S(=O)(=O)Cc1ccc(Cl)cc1. The van der Waals surface area contributed by atoms with Crippen molar-refractivity contribution in [2.24, 2.45) is 0 Å². The van der Waals surface area contributed by atoms with Crippen LogP contribution in [0.3, 0.4) is 0 Å². The normalized spacial score (nSPS) is 12.0. The van der Waals surface area contributed by atoms with E-state index in [1.165, 1.54) is 18.2 Å². The highest BCUT2D eigenvalue weighted by molar-refractivity contribution is 7.95. The Morgan fingerprint density at radius 1 is 1.00 bits per heavy atom. The lowest BCUT2D eigenvalue weighted by Crippen LogP contribution is -2.06. The molecule has 0 N–H and O–H groups in total. The predicted molar refractivity (Wildman–Crippen MR) is 99.1 cm³/mol. The van der Waals surface area contributed by atoms with E-state index in [9.17, 15) is 13.7 Å². The standard InChI is InChI=1S/C16H9Cl4NO2S/c17-12-4-1-10(2-5-12)9-24(22,23)13(8-21)7-11-3-6-14(18)16(20)15(11)19/h1-7H,9H2/b13-7+. The molecule has 0 saturated carbocycles. The van der Waals surface area contributed by atoms with Crippen LogP contribution in [-0.2, 0) is 15.6 Å². The van der Waals surface area contributed by atoms with Crippen LogP contribution in [-0.4, -0.2) is 8.42 Å². The first-order valence-electron chi connectivity index (χ1n) is 6.47. The van der Waals surface area contributed by atoms with Crippen molar-refractivity contribution in [1.29, 1.82) is 5.26 Å². The van der Waals surface area contributed by atoms with Crippen molar-refractivity contribution in [3.63, 3.8) is 0 Å². The number of sulfone groups is 1. The molecule has 8 heteroatoms. The maximum Gasteiger partial charge on any atom is 0.192 e. The fourth-order valence-electron chi connectivity index (χ4n) is 1.86. The van der Waals surface area contributed by atoms with E-state index >= 15 is 0 Å². The Labute approximate surface area is 159 Å². The average molecular weight is 421 g/mol. The van der Waals surface area contributed by atoms with Crippen molar-refractivity contribution in [1.82, 2.24) is 0 Å². The highest BCUT2D eigenvalue weighted by Gasteiger charge is 2.20. The topological polar surface area (TPSA) is 57.9 Å². The Bertz CT molecular complexity index is 945. The van der Waals surface area contributed by atoms with Crippen molar-refractivity contribution < 1.29 is 8.42 Å². The fourth-order valence-corrected chi connectivity index (χ4v) is 3.82. The van der Waals surface area contributed by atoms with Gasteiger partial charge in [0.1, 0.15) is 11.0 Å². The number of hydrogen-bond acceptors (Lipinski definition) is 3. The van der Waals surface area contributed by atoms with E-state index in [-0.39, 0.29) is 20.8 Å². The summed E-state index contributed by atoms with van der Waals surface area (Å²) in [6.07, 6.45) is 1.18. The van der Waals surface area contributed by atoms with Gasteiger partial charge in [0, 0.05) is 5.02 Å². The Kier molecular flexibility index (Phi) is 6.19. The molecule has 0 amide bonds. The number of nitriles is 1. The average Bonchev–Trinajstić information content (AvgIpc) is 2.54. The summed E-state index contributed by atoms with van der Waals surface area (Å²) >= 11 is 23.6. The molecule has 2 rings (SSSR count). The molecule has 0 atom stereocenters. The first-order chi connectivity index (χ1) is 11.2. The highest BCUT2D eigenvalue weighted by atomic mass is 35.5. The lowest BCUT2D eigenvalue weighted by molar-refractivity contribution is 0.602.